The lowest BCUT2D eigenvalue weighted by molar-refractivity contribution is -0.179. The molecule has 1 fully saturated rings. The number of nitrogens with one attached hydrogen (secondary N) is 1. The third-order valence-electron chi connectivity index (χ3n) is 3.71. The molecule has 0 radical (unpaired) electrons. The first-order valence-electron chi connectivity index (χ1n) is 7.37. The second kappa shape index (κ2) is 6.49. The van der Waals surface area contributed by atoms with E-state index in [2.05, 4.69) is 15.3 Å². The topological polar surface area (TPSA) is 41.0 Å². The first-order valence-corrected chi connectivity index (χ1v) is 7.37. The van der Waals surface area contributed by atoms with E-state index in [0.717, 1.165) is 18.2 Å². The van der Waals surface area contributed by atoms with E-state index in [4.69, 9.17) is 0 Å². The van der Waals surface area contributed by atoms with Gasteiger partial charge in [-0.2, -0.15) is 13.2 Å². The summed E-state index contributed by atoms with van der Waals surface area (Å²) in [6.07, 6.45) is -3.12. The van der Waals surface area contributed by atoms with Crippen molar-refractivity contribution in [2.45, 2.75) is 39.3 Å². The second-order valence-corrected chi connectivity index (χ2v) is 5.21. The average molecular weight is 302 g/mol. The van der Waals surface area contributed by atoms with E-state index < -0.39 is 12.1 Å². The Bertz CT molecular complexity index is 468. The van der Waals surface area contributed by atoms with Crippen molar-refractivity contribution in [1.29, 1.82) is 0 Å². The molecule has 7 heteroatoms. The standard InChI is InChI=1S/C14H21F3N4/c1-3-11-19-12(18-4-2)9-13(20-11)21-7-5-10(6-8-21)14(15,16)17/h9-10H,3-8H2,1-2H3,(H,18,19,20). The number of anilines is 2. The third-order valence-corrected chi connectivity index (χ3v) is 3.71. The molecule has 0 saturated carbocycles. The van der Waals surface area contributed by atoms with Gasteiger partial charge < -0.3 is 10.2 Å². The minimum Gasteiger partial charge on any atom is -0.370 e. The van der Waals surface area contributed by atoms with Crippen molar-refractivity contribution in [2.24, 2.45) is 5.92 Å². The van der Waals surface area contributed by atoms with Crippen molar-refractivity contribution in [1.82, 2.24) is 9.97 Å². The Morgan fingerprint density at radius 2 is 1.90 bits per heavy atom. The van der Waals surface area contributed by atoms with E-state index in [1.165, 1.54) is 0 Å². The monoisotopic (exact) mass is 302 g/mol. The maximum absolute atomic E-state index is 12.7. The van der Waals surface area contributed by atoms with Gasteiger partial charge in [-0.1, -0.05) is 6.92 Å². The minimum absolute atomic E-state index is 0.130. The van der Waals surface area contributed by atoms with Gasteiger partial charge >= 0.3 is 6.18 Å². The van der Waals surface area contributed by atoms with E-state index in [1.54, 1.807) is 0 Å². The first kappa shape index (κ1) is 15.9. The molecule has 2 heterocycles. The fraction of sp³-hybridized carbons (Fsp3) is 0.714. The summed E-state index contributed by atoms with van der Waals surface area (Å²) in [5.41, 5.74) is 0. The van der Waals surface area contributed by atoms with Gasteiger partial charge in [0.25, 0.3) is 0 Å². The number of alkyl halides is 3. The van der Waals surface area contributed by atoms with E-state index in [0.29, 0.717) is 25.3 Å². The molecule has 0 aliphatic carbocycles. The number of aryl methyl sites for hydroxylation is 1. The van der Waals surface area contributed by atoms with Crippen molar-refractivity contribution in [2.75, 3.05) is 29.9 Å². The predicted octanol–water partition coefficient (Wildman–Crippen LogP) is 3.25. The van der Waals surface area contributed by atoms with Crippen molar-refractivity contribution in [3.05, 3.63) is 11.9 Å². The molecule has 21 heavy (non-hydrogen) atoms. The number of aromatic nitrogens is 2. The van der Waals surface area contributed by atoms with Gasteiger partial charge in [0, 0.05) is 32.1 Å². The number of hydrogen-bond donors (Lipinski definition) is 1. The van der Waals surface area contributed by atoms with Crippen LogP contribution in [0.2, 0.25) is 0 Å². The molecule has 1 N–H and O–H groups in total. The smallest absolute Gasteiger partial charge is 0.370 e. The molecule has 1 aromatic heterocycles. The fourth-order valence-electron chi connectivity index (χ4n) is 2.51. The molecule has 0 spiro atoms. The van der Waals surface area contributed by atoms with E-state index in [-0.39, 0.29) is 12.8 Å². The summed E-state index contributed by atoms with van der Waals surface area (Å²) in [6, 6.07) is 1.82. The largest absolute Gasteiger partial charge is 0.391 e. The molecule has 1 aliphatic heterocycles. The van der Waals surface area contributed by atoms with Crippen LogP contribution in [-0.4, -0.2) is 35.8 Å². The summed E-state index contributed by atoms with van der Waals surface area (Å²) in [5.74, 6) is 0.978. The highest BCUT2D eigenvalue weighted by Crippen LogP contribution is 2.35. The van der Waals surface area contributed by atoms with Crippen LogP contribution >= 0.6 is 0 Å². The van der Waals surface area contributed by atoms with E-state index in [9.17, 15) is 13.2 Å². The van der Waals surface area contributed by atoms with Crippen LogP contribution in [0.15, 0.2) is 6.07 Å². The number of nitrogens with zero attached hydrogens (tertiary/aromatic N) is 3. The van der Waals surface area contributed by atoms with Gasteiger partial charge in [0.1, 0.15) is 17.5 Å². The molecule has 118 valence electrons. The highest BCUT2D eigenvalue weighted by atomic mass is 19.4. The number of rotatable bonds is 4. The quantitative estimate of drug-likeness (QED) is 0.927. The molecule has 0 unspecified atom stereocenters. The molecule has 1 aromatic rings. The normalized spacial score (nSPS) is 17.1. The Labute approximate surface area is 122 Å². The molecule has 0 bridgehead atoms. The van der Waals surface area contributed by atoms with E-state index >= 15 is 0 Å². The van der Waals surface area contributed by atoms with Gasteiger partial charge in [0.2, 0.25) is 0 Å². The van der Waals surface area contributed by atoms with Crippen molar-refractivity contribution < 1.29 is 13.2 Å². The summed E-state index contributed by atoms with van der Waals surface area (Å²) >= 11 is 0. The number of hydrogen-bond acceptors (Lipinski definition) is 4. The van der Waals surface area contributed by atoms with Gasteiger partial charge in [-0.15, -0.1) is 0 Å². The van der Waals surface area contributed by atoms with Crippen LogP contribution in [0.25, 0.3) is 0 Å². The zero-order valence-corrected chi connectivity index (χ0v) is 12.4. The molecular weight excluding hydrogens is 281 g/mol. The highest BCUT2D eigenvalue weighted by Gasteiger charge is 2.41. The molecule has 0 atom stereocenters. The van der Waals surface area contributed by atoms with Gasteiger partial charge in [0.05, 0.1) is 5.92 Å². The Kier molecular flexibility index (Phi) is 4.90. The van der Waals surface area contributed by atoms with Gasteiger partial charge in [0.15, 0.2) is 0 Å². The predicted molar refractivity (Wildman–Crippen MR) is 76.6 cm³/mol. The summed E-state index contributed by atoms with van der Waals surface area (Å²) in [5, 5.41) is 3.14. The molecule has 4 nitrogen and oxygen atoms in total. The van der Waals surface area contributed by atoms with Crippen molar-refractivity contribution in [3.8, 4) is 0 Å². The molecule has 1 aliphatic rings. The summed E-state index contributed by atoms with van der Waals surface area (Å²) < 4.78 is 38.1. The van der Waals surface area contributed by atoms with Crippen LogP contribution in [0.4, 0.5) is 24.8 Å². The third kappa shape index (κ3) is 3.98. The Morgan fingerprint density at radius 3 is 2.43 bits per heavy atom. The highest BCUT2D eigenvalue weighted by molar-refractivity contribution is 5.49. The Hall–Kier alpha value is -1.53. The fourth-order valence-corrected chi connectivity index (χ4v) is 2.51. The Balaban J connectivity index is 2.10. The molecular formula is C14H21F3N4. The van der Waals surface area contributed by atoms with Crippen LogP contribution in [0.1, 0.15) is 32.5 Å². The van der Waals surface area contributed by atoms with Crippen LogP contribution in [0, 0.1) is 5.92 Å². The summed E-state index contributed by atoms with van der Waals surface area (Å²) in [7, 11) is 0. The second-order valence-electron chi connectivity index (χ2n) is 5.21. The lowest BCUT2D eigenvalue weighted by Crippen LogP contribution is -2.39. The number of piperidine rings is 1. The van der Waals surface area contributed by atoms with Gasteiger partial charge in [-0.05, 0) is 19.8 Å². The molecule has 0 aromatic carbocycles. The maximum Gasteiger partial charge on any atom is 0.391 e. The van der Waals surface area contributed by atoms with Crippen LogP contribution < -0.4 is 10.2 Å². The zero-order chi connectivity index (χ0) is 15.5. The van der Waals surface area contributed by atoms with Crippen LogP contribution in [-0.2, 0) is 6.42 Å². The van der Waals surface area contributed by atoms with Gasteiger partial charge in [-0.25, -0.2) is 9.97 Å². The SMILES string of the molecule is CCNc1cc(N2CCC(C(F)(F)F)CC2)nc(CC)n1. The molecule has 0 amide bonds. The van der Waals surface area contributed by atoms with Gasteiger partial charge in [-0.3, -0.25) is 0 Å². The van der Waals surface area contributed by atoms with Crippen molar-refractivity contribution in [3.63, 3.8) is 0 Å². The van der Waals surface area contributed by atoms with Crippen LogP contribution in [0.5, 0.6) is 0 Å². The first-order chi connectivity index (χ1) is 9.94. The molecule has 2 rings (SSSR count). The van der Waals surface area contributed by atoms with Crippen LogP contribution in [0.3, 0.4) is 0 Å². The van der Waals surface area contributed by atoms with Crippen molar-refractivity contribution >= 4 is 11.6 Å². The lowest BCUT2D eigenvalue weighted by Gasteiger charge is -2.33. The van der Waals surface area contributed by atoms with E-state index in [1.807, 2.05) is 24.8 Å². The Morgan fingerprint density at radius 1 is 1.24 bits per heavy atom. The maximum atomic E-state index is 12.7. The number of halogens is 3. The summed E-state index contributed by atoms with van der Waals surface area (Å²) in [4.78, 5) is 10.7. The average Bonchev–Trinajstić information content (AvgIpc) is 2.46. The zero-order valence-electron chi connectivity index (χ0n) is 12.4. The molecule has 1 saturated heterocycles. The summed E-state index contributed by atoms with van der Waals surface area (Å²) in [6.45, 7) is 5.45. The lowest BCUT2D eigenvalue weighted by atomic mass is 9.96. The minimum atomic E-state index is -4.08.